The third-order valence-corrected chi connectivity index (χ3v) is 5.74. The van der Waals surface area contributed by atoms with Crippen molar-refractivity contribution in [3.05, 3.63) is 65.7 Å². The van der Waals surface area contributed by atoms with Gasteiger partial charge in [0, 0.05) is 25.7 Å². The lowest BCUT2D eigenvalue weighted by Crippen LogP contribution is -2.43. The number of nitrogens with one attached hydrogen (secondary N) is 1. The van der Waals surface area contributed by atoms with E-state index < -0.39 is 15.8 Å². The van der Waals surface area contributed by atoms with Crippen LogP contribution < -0.4 is 4.72 Å². The predicted octanol–water partition coefficient (Wildman–Crippen LogP) is 2.32. The van der Waals surface area contributed by atoms with Crippen molar-refractivity contribution in [1.82, 2.24) is 9.62 Å². The number of hydrogen-bond donors (Lipinski definition) is 1. The first kappa shape index (κ1) is 18.9. The van der Waals surface area contributed by atoms with Crippen LogP contribution >= 0.6 is 0 Å². The van der Waals surface area contributed by atoms with Gasteiger partial charge in [-0.25, -0.2) is 21.9 Å². The number of hydrogen-bond acceptors (Lipinski definition) is 4. The fraction of sp³-hybridized carbons (Fsp3) is 0.333. The lowest BCUT2D eigenvalue weighted by molar-refractivity contribution is 0.0172. The summed E-state index contributed by atoms with van der Waals surface area (Å²) in [5, 5.41) is 0. The van der Waals surface area contributed by atoms with Crippen LogP contribution in [0.5, 0.6) is 0 Å². The average Bonchev–Trinajstić information content (AvgIpc) is 2.64. The van der Waals surface area contributed by atoms with Crippen molar-refractivity contribution in [1.29, 1.82) is 0 Å². The maximum absolute atomic E-state index is 13.3. The van der Waals surface area contributed by atoms with Crippen molar-refractivity contribution >= 4 is 10.0 Å². The van der Waals surface area contributed by atoms with E-state index in [1.54, 1.807) is 12.1 Å². The lowest BCUT2D eigenvalue weighted by Gasteiger charge is -2.34. The molecule has 1 heterocycles. The molecule has 8 heteroatoms. The summed E-state index contributed by atoms with van der Waals surface area (Å²) < 4.78 is 59.4. The summed E-state index contributed by atoms with van der Waals surface area (Å²) in [6, 6.07) is 10.6. The van der Waals surface area contributed by atoms with Crippen molar-refractivity contribution < 1.29 is 21.9 Å². The van der Waals surface area contributed by atoms with Crippen molar-refractivity contribution in [3.8, 4) is 0 Å². The van der Waals surface area contributed by atoms with Crippen LogP contribution in [-0.4, -0.2) is 46.2 Å². The summed E-state index contributed by atoms with van der Waals surface area (Å²) in [7, 11) is -3.85. The highest BCUT2D eigenvalue weighted by atomic mass is 32.2. The van der Waals surface area contributed by atoms with Gasteiger partial charge in [-0.2, -0.15) is 0 Å². The summed E-state index contributed by atoms with van der Waals surface area (Å²) >= 11 is 0. The Morgan fingerprint density at radius 1 is 1.04 bits per heavy atom. The van der Waals surface area contributed by atoms with Crippen LogP contribution in [0.2, 0.25) is 0 Å². The topological polar surface area (TPSA) is 58.6 Å². The second-order valence-corrected chi connectivity index (χ2v) is 7.79. The molecule has 2 aromatic carbocycles. The van der Waals surface area contributed by atoms with Crippen LogP contribution in [0.3, 0.4) is 0 Å². The second kappa shape index (κ2) is 8.22. The van der Waals surface area contributed by atoms with Crippen LogP contribution in [0.1, 0.15) is 11.6 Å². The molecule has 0 saturated carbocycles. The van der Waals surface area contributed by atoms with Crippen molar-refractivity contribution in [2.45, 2.75) is 10.9 Å². The first-order chi connectivity index (χ1) is 12.5. The Morgan fingerprint density at radius 2 is 1.73 bits per heavy atom. The fourth-order valence-electron chi connectivity index (χ4n) is 2.94. The molecule has 1 saturated heterocycles. The number of halogens is 2. The smallest absolute Gasteiger partial charge is 0.240 e. The predicted molar refractivity (Wildman–Crippen MR) is 93.1 cm³/mol. The van der Waals surface area contributed by atoms with Gasteiger partial charge in [0.25, 0.3) is 0 Å². The molecule has 2 aromatic rings. The summed E-state index contributed by atoms with van der Waals surface area (Å²) in [6.07, 6.45) is 0. The molecule has 5 nitrogen and oxygen atoms in total. The Kier molecular flexibility index (Phi) is 5.98. The van der Waals surface area contributed by atoms with Gasteiger partial charge in [-0.1, -0.05) is 18.2 Å². The van der Waals surface area contributed by atoms with E-state index in [0.29, 0.717) is 26.3 Å². The Bertz CT molecular complexity index is 838. The highest BCUT2D eigenvalue weighted by Crippen LogP contribution is 2.22. The fourth-order valence-corrected chi connectivity index (χ4v) is 4.01. The molecule has 0 amide bonds. The van der Waals surface area contributed by atoms with Crippen molar-refractivity contribution in [2.24, 2.45) is 0 Å². The molecule has 0 aliphatic carbocycles. The van der Waals surface area contributed by atoms with E-state index in [9.17, 15) is 17.2 Å². The maximum Gasteiger partial charge on any atom is 0.240 e. The number of morpholine rings is 1. The quantitative estimate of drug-likeness (QED) is 0.833. The molecule has 140 valence electrons. The van der Waals surface area contributed by atoms with Gasteiger partial charge in [0.2, 0.25) is 10.0 Å². The molecular formula is C18H20F2N2O3S. The normalized spacial score (nSPS) is 17.2. The lowest BCUT2D eigenvalue weighted by atomic mass is 10.0. The molecule has 1 fully saturated rings. The maximum atomic E-state index is 13.3. The summed E-state index contributed by atoms with van der Waals surface area (Å²) in [5.41, 5.74) is 0.801. The van der Waals surface area contributed by atoms with E-state index in [1.807, 2.05) is 0 Å². The standard InChI is InChI=1S/C18H20F2N2O3S/c19-15-6-4-14(5-7-15)18(22-8-10-25-11-9-22)13-21-26(23,24)17-3-1-2-16(20)12-17/h1-7,12,18,21H,8-11,13H2/t18-/m0/s1. The van der Waals surface area contributed by atoms with E-state index >= 15 is 0 Å². The largest absolute Gasteiger partial charge is 0.379 e. The molecule has 0 unspecified atom stereocenters. The van der Waals surface area contributed by atoms with E-state index in [0.717, 1.165) is 11.6 Å². The Morgan fingerprint density at radius 3 is 2.38 bits per heavy atom. The number of benzene rings is 2. The molecule has 0 bridgehead atoms. The van der Waals surface area contributed by atoms with Gasteiger partial charge in [0.05, 0.1) is 18.1 Å². The summed E-state index contributed by atoms with van der Waals surface area (Å²) in [5.74, 6) is -0.967. The van der Waals surface area contributed by atoms with Crippen molar-refractivity contribution in [3.63, 3.8) is 0 Å². The minimum Gasteiger partial charge on any atom is -0.379 e. The van der Waals surface area contributed by atoms with Crippen LogP contribution in [-0.2, 0) is 14.8 Å². The van der Waals surface area contributed by atoms with Crippen LogP contribution in [0.4, 0.5) is 8.78 Å². The van der Waals surface area contributed by atoms with E-state index in [-0.39, 0.29) is 23.3 Å². The Balaban J connectivity index is 1.80. The van der Waals surface area contributed by atoms with Gasteiger partial charge in [-0.3, -0.25) is 4.90 Å². The second-order valence-electron chi connectivity index (χ2n) is 6.02. The molecule has 1 aliphatic rings. The molecule has 1 N–H and O–H groups in total. The van der Waals surface area contributed by atoms with E-state index in [1.165, 1.54) is 30.3 Å². The highest BCUT2D eigenvalue weighted by Gasteiger charge is 2.25. The molecule has 0 radical (unpaired) electrons. The summed E-state index contributed by atoms with van der Waals surface area (Å²) in [6.45, 7) is 2.47. The zero-order valence-electron chi connectivity index (χ0n) is 14.1. The molecule has 26 heavy (non-hydrogen) atoms. The highest BCUT2D eigenvalue weighted by molar-refractivity contribution is 7.89. The van der Waals surface area contributed by atoms with Gasteiger partial charge in [0.1, 0.15) is 11.6 Å². The Labute approximate surface area is 151 Å². The van der Waals surface area contributed by atoms with Gasteiger partial charge < -0.3 is 4.74 Å². The van der Waals surface area contributed by atoms with Crippen LogP contribution in [0.25, 0.3) is 0 Å². The summed E-state index contributed by atoms with van der Waals surface area (Å²) in [4.78, 5) is 1.96. The van der Waals surface area contributed by atoms with Crippen molar-refractivity contribution in [2.75, 3.05) is 32.8 Å². The van der Waals surface area contributed by atoms with Gasteiger partial charge in [-0.05, 0) is 35.9 Å². The number of rotatable bonds is 6. The first-order valence-corrected chi connectivity index (χ1v) is 9.76. The molecular weight excluding hydrogens is 362 g/mol. The monoisotopic (exact) mass is 382 g/mol. The number of nitrogens with zero attached hydrogens (tertiary/aromatic N) is 1. The third-order valence-electron chi connectivity index (χ3n) is 4.31. The van der Waals surface area contributed by atoms with E-state index in [2.05, 4.69) is 9.62 Å². The zero-order chi connectivity index (χ0) is 18.6. The Hall–Kier alpha value is -1.87. The van der Waals surface area contributed by atoms with Gasteiger partial charge in [-0.15, -0.1) is 0 Å². The van der Waals surface area contributed by atoms with Gasteiger partial charge >= 0.3 is 0 Å². The van der Waals surface area contributed by atoms with E-state index in [4.69, 9.17) is 4.74 Å². The van der Waals surface area contributed by atoms with Crippen LogP contribution in [0.15, 0.2) is 53.4 Å². The number of sulfonamides is 1. The number of ether oxygens (including phenoxy) is 1. The third kappa shape index (κ3) is 4.64. The minimum atomic E-state index is -3.85. The van der Waals surface area contributed by atoms with Crippen LogP contribution in [0, 0.1) is 11.6 Å². The van der Waals surface area contributed by atoms with Gasteiger partial charge in [0.15, 0.2) is 0 Å². The first-order valence-electron chi connectivity index (χ1n) is 8.28. The average molecular weight is 382 g/mol. The molecule has 1 aliphatic heterocycles. The molecule has 0 aromatic heterocycles. The minimum absolute atomic E-state index is 0.0878. The molecule has 3 rings (SSSR count). The molecule has 1 atom stereocenters. The molecule has 0 spiro atoms. The zero-order valence-corrected chi connectivity index (χ0v) is 14.9. The SMILES string of the molecule is O=S(=O)(NC[C@@H](c1ccc(F)cc1)N1CCOCC1)c1cccc(F)c1.